The zero-order valence-electron chi connectivity index (χ0n) is 21.8. The summed E-state index contributed by atoms with van der Waals surface area (Å²) in [5, 5.41) is 25.3. The Morgan fingerprint density at radius 3 is 2.68 bits per heavy atom. The maximum atomic E-state index is 16.0. The fourth-order valence-corrected chi connectivity index (χ4v) is 5.54. The summed E-state index contributed by atoms with van der Waals surface area (Å²) < 4.78 is 22.9. The molecule has 214 valence electrons. The van der Waals surface area contributed by atoms with Crippen LogP contribution in [0.2, 0.25) is 10.0 Å². The number of anilines is 1. The Morgan fingerprint density at radius 1 is 1.20 bits per heavy atom. The zero-order chi connectivity index (χ0) is 29.4. The number of phenolic OH excluding ortho intramolecular Hbond substituents is 1. The summed E-state index contributed by atoms with van der Waals surface area (Å²) >= 11 is 13.0. The molecule has 41 heavy (non-hydrogen) atoms. The van der Waals surface area contributed by atoms with Gasteiger partial charge in [0.1, 0.15) is 23.4 Å². The van der Waals surface area contributed by atoms with E-state index < -0.39 is 22.7 Å². The van der Waals surface area contributed by atoms with Gasteiger partial charge in [-0.1, -0.05) is 52.8 Å². The summed E-state index contributed by atoms with van der Waals surface area (Å²) in [4.78, 5) is 38.6. The summed E-state index contributed by atoms with van der Waals surface area (Å²) in [5.74, 6) is -1.20. The topological polar surface area (TPSA) is 153 Å². The Morgan fingerprint density at radius 2 is 1.98 bits per heavy atom. The highest BCUT2D eigenvalue weighted by Gasteiger charge is 2.37. The van der Waals surface area contributed by atoms with Crippen molar-refractivity contribution in [3.63, 3.8) is 0 Å². The van der Waals surface area contributed by atoms with Gasteiger partial charge in [0.2, 0.25) is 6.33 Å². The smallest absolute Gasteiger partial charge is 0.491 e. The number of nitro groups is 1. The van der Waals surface area contributed by atoms with Crippen LogP contribution >= 0.6 is 23.2 Å². The standard InChI is InChI=1S/C23H17Cl2FN8O5.C2H6/c24-12-2-1-3-13(35)14(12)15-17(25)20-16-19(18(15)26)27-9-28-21(16)32-6-5-31(8-11(32)4-7-39-20)23(36)33-10-29-22(30-33)34(37)38;1-2/h1-3,9-11,35H,4-8H2;1-2H3. The normalized spacial score (nSPS) is 16.2. The number of carbonyl (C=O) groups is 1. The molecule has 0 radical (unpaired) electrons. The van der Waals surface area contributed by atoms with Gasteiger partial charge in [-0.25, -0.2) is 19.2 Å². The van der Waals surface area contributed by atoms with Crippen LogP contribution in [0.25, 0.3) is 22.0 Å². The molecule has 0 bridgehead atoms. The van der Waals surface area contributed by atoms with Crippen LogP contribution in [0, 0.1) is 15.9 Å². The number of ether oxygens (including phenoxy) is 1. The molecule has 16 heteroatoms. The van der Waals surface area contributed by atoms with Gasteiger partial charge in [0.05, 0.1) is 28.1 Å². The third-order valence-corrected chi connectivity index (χ3v) is 7.38. The van der Waals surface area contributed by atoms with Gasteiger partial charge in [-0.05, 0) is 17.1 Å². The number of aromatic nitrogens is 5. The average Bonchev–Trinajstić information content (AvgIpc) is 3.46. The molecule has 0 aliphatic carbocycles. The van der Waals surface area contributed by atoms with Gasteiger partial charge in [0.25, 0.3) is 0 Å². The molecule has 1 unspecified atom stereocenters. The molecule has 4 aromatic rings. The number of nitrogens with zero attached hydrogens (tertiary/aromatic N) is 8. The second-order valence-electron chi connectivity index (χ2n) is 8.85. The van der Waals surface area contributed by atoms with Crippen molar-refractivity contribution in [1.82, 2.24) is 29.6 Å². The van der Waals surface area contributed by atoms with Gasteiger partial charge >= 0.3 is 12.0 Å². The van der Waals surface area contributed by atoms with Gasteiger partial charge in [-0.15, -0.1) is 0 Å². The highest BCUT2D eigenvalue weighted by atomic mass is 35.5. The van der Waals surface area contributed by atoms with Crippen molar-refractivity contribution in [3.05, 3.63) is 56.8 Å². The van der Waals surface area contributed by atoms with Gasteiger partial charge in [0.15, 0.2) is 11.6 Å². The lowest BCUT2D eigenvalue weighted by atomic mass is 9.99. The number of piperazine rings is 1. The van der Waals surface area contributed by atoms with Gasteiger partial charge in [-0.3, -0.25) is 0 Å². The third-order valence-electron chi connectivity index (χ3n) is 6.70. The van der Waals surface area contributed by atoms with Crippen molar-refractivity contribution in [1.29, 1.82) is 0 Å². The number of benzene rings is 2. The van der Waals surface area contributed by atoms with Crippen molar-refractivity contribution < 1.29 is 24.0 Å². The van der Waals surface area contributed by atoms with Gasteiger partial charge in [-0.2, -0.15) is 0 Å². The molecule has 1 amide bonds. The predicted molar refractivity (Wildman–Crippen MR) is 148 cm³/mol. The highest BCUT2D eigenvalue weighted by Crippen LogP contribution is 2.50. The Kier molecular flexibility index (Phi) is 7.78. The largest absolute Gasteiger partial charge is 0.507 e. The second-order valence-corrected chi connectivity index (χ2v) is 9.63. The molecule has 1 fully saturated rings. The van der Waals surface area contributed by atoms with Crippen molar-refractivity contribution in [2.75, 3.05) is 31.1 Å². The molecule has 0 spiro atoms. The molecular weight excluding hydrogens is 582 g/mol. The minimum Gasteiger partial charge on any atom is -0.507 e. The lowest BCUT2D eigenvalue weighted by molar-refractivity contribution is -0.394. The minimum absolute atomic E-state index is 0.0176. The van der Waals surface area contributed by atoms with Crippen LogP contribution in [0.4, 0.5) is 21.0 Å². The Balaban J connectivity index is 0.00000165. The molecule has 1 N–H and O–H groups in total. The maximum absolute atomic E-state index is 16.0. The number of amides is 1. The molecule has 6 rings (SSSR count). The number of halogens is 3. The van der Waals surface area contributed by atoms with Gasteiger partial charge < -0.3 is 29.8 Å². The SMILES string of the molecule is CC.O=C(N1CCN2c3ncnc4c(F)c(-c5c(O)cccc5Cl)c(Cl)c(c34)OCCC2C1)n1cnc([N+](=O)[O-])n1. The van der Waals surface area contributed by atoms with Crippen LogP contribution in [0.15, 0.2) is 30.9 Å². The van der Waals surface area contributed by atoms with E-state index in [0.29, 0.717) is 18.8 Å². The number of rotatable bonds is 2. The third kappa shape index (κ3) is 4.82. The van der Waals surface area contributed by atoms with E-state index >= 15 is 4.39 Å². The van der Waals surface area contributed by atoms with E-state index in [0.717, 1.165) is 11.0 Å². The first kappa shape index (κ1) is 28.2. The van der Waals surface area contributed by atoms with Crippen LogP contribution in [-0.4, -0.2) is 78.0 Å². The molecule has 4 heterocycles. The first-order valence-electron chi connectivity index (χ1n) is 12.6. The molecule has 1 atom stereocenters. The molecule has 2 aliphatic rings. The quantitative estimate of drug-likeness (QED) is 0.246. The second kappa shape index (κ2) is 11.3. The lowest BCUT2D eigenvalue weighted by Crippen LogP contribution is -2.56. The zero-order valence-corrected chi connectivity index (χ0v) is 23.3. The molecular formula is C25H23Cl2FN8O5. The van der Waals surface area contributed by atoms with E-state index in [4.69, 9.17) is 27.9 Å². The van der Waals surface area contributed by atoms with Crippen LogP contribution in [-0.2, 0) is 0 Å². The number of aromatic hydroxyl groups is 1. The summed E-state index contributed by atoms with van der Waals surface area (Å²) in [7, 11) is 0. The fourth-order valence-electron chi connectivity index (χ4n) is 4.95. The Labute approximate surface area is 242 Å². The molecule has 13 nitrogen and oxygen atoms in total. The van der Waals surface area contributed by atoms with Crippen molar-refractivity contribution in [2.24, 2.45) is 0 Å². The fraction of sp³-hybridized carbons (Fsp3) is 0.320. The van der Waals surface area contributed by atoms with Crippen molar-refractivity contribution in [3.8, 4) is 22.6 Å². The number of carbonyl (C=O) groups excluding carboxylic acids is 1. The number of hydrogen-bond donors (Lipinski definition) is 1. The first-order valence-corrected chi connectivity index (χ1v) is 13.4. The van der Waals surface area contributed by atoms with Crippen molar-refractivity contribution >= 4 is 51.9 Å². The highest BCUT2D eigenvalue weighted by molar-refractivity contribution is 6.39. The van der Waals surface area contributed by atoms with Crippen LogP contribution in [0.1, 0.15) is 20.3 Å². The summed E-state index contributed by atoms with van der Waals surface area (Å²) in [6.07, 6.45) is 2.66. The van der Waals surface area contributed by atoms with Crippen LogP contribution in [0.3, 0.4) is 0 Å². The summed E-state index contributed by atoms with van der Waals surface area (Å²) in [5.41, 5.74) is -0.187. The average molecular weight is 605 g/mol. The Bertz CT molecular complexity index is 1650. The van der Waals surface area contributed by atoms with Crippen molar-refractivity contribution in [2.45, 2.75) is 26.3 Å². The number of hydrogen-bond acceptors (Lipinski definition) is 10. The lowest BCUT2D eigenvalue weighted by Gasteiger charge is -2.43. The van der Waals surface area contributed by atoms with E-state index in [1.807, 2.05) is 18.7 Å². The molecule has 2 aliphatic heterocycles. The number of fused-ring (bicyclic) bond motifs is 2. The molecule has 2 aromatic heterocycles. The summed E-state index contributed by atoms with van der Waals surface area (Å²) in [6.45, 7) is 4.91. The number of phenols is 1. The van der Waals surface area contributed by atoms with Crippen LogP contribution in [0.5, 0.6) is 11.5 Å². The van der Waals surface area contributed by atoms with Gasteiger partial charge in [0, 0.05) is 42.3 Å². The van der Waals surface area contributed by atoms with E-state index in [1.165, 1.54) is 29.4 Å². The molecule has 2 aromatic carbocycles. The molecule has 1 saturated heterocycles. The predicted octanol–water partition coefficient (Wildman–Crippen LogP) is 4.92. The van der Waals surface area contributed by atoms with E-state index in [1.54, 1.807) is 0 Å². The van der Waals surface area contributed by atoms with E-state index in [9.17, 15) is 20.0 Å². The maximum Gasteiger partial charge on any atom is 0.491 e. The monoisotopic (exact) mass is 604 g/mol. The Hall–Kier alpha value is -4.30. The minimum atomic E-state index is -0.798. The van der Waals surface area contributed by atoms with Crippen LogP contribution < -0.4 is 9.64 Å². The first-order chi connectivity index (χ1) is 19.8. The van der Waals surface area contributed by atoms with E-state index in [2.05, 4.69) is 20.1 Å². The molecule has 0 saturated carbocycles. The van der Waals surface area contributed by atoms with E-state index in [-0.39, 0.29) is 69.3 Å². The summed E-state index contributed by atoms with van der Waals surface area (Å²) in [6, 6.07) is 3.55.